The SMILES string of the molecule is CCOC(=O)CCCCN(Cc1ccccc1)Cc1ccc2ccccc2c1. The van der Waals surface area contributed by atoms with Crippen molar-refractivity contribution < 1.29 is 9.53 Å². The van der Waals surface area contributed by atoms with Gasteiger partial charge in [-0.1, -0.05) is 66.7 Å². The number of benzene rings is 3. The number of rotatable bonds is 10. The van der Waals surface area contributed by atoms with Crippen molar-refractivity contribution in [2.45, 2.75) is 39.3 Å². The van der Waals surface area contributed by atoms with E-state index >= 15 is 0 Å². The Balaban J connectivity index is 1.63. The minimum absolute atomic E-state index is 0.0911. The number of carbonyl (C=O) groups is 1. The van der Waals surface area contributed by atoms with Crippen LogP contribution in [-0.4, -0.2) is 24.0 Å². The number of ether oxygens (including phenoxy) is 1. The van der Waals surface area contributed by atoms with E-state index in [4.69, 9.17) is 4.74 Å². The summed E-state index contributed by atoms with van der Waals surface area (Å²) in [4.78, 5) is 14.0. The molecular weight excluding hydrogens is 346 g/mol. The second kappa shape index (κ2) is 10.6. The molecule has 0 aromatic heterocycles. The normalized spacial score (nSPS) is 11.1. The molecule has 0 saturated heterocycles. The van der Waals surface area contributed by atoms with Gasteiger partial charge in [0, 0.05) is 19.5 Å². The van der Waals surface area contributed by atoms with Crippen LogP contribution in [0.1, 0.15) is 37.3 Å². The Hall–Kier alpha value is -2.65. The number of nitrogens with zero attached hydrogens (tertiary/aromatic N) is 1. The maximum Gasteiger partial charge on any atom is 0.305 e. The molecule has 0 heterocycles. The van der Waals surface area contributed by atoms with Crippen LogP contribution in [0, 0.1) is 0 Å². The Morgan fingerprint density at radius 1 is 0.821 bits per heavy atom. The lowest BCUT2D eigenvalue weighted by Gasteiger charge is -2.23. The van der Waals surface area contributed by atoms with Crippen LogP contribution in [0.15, 0.2) is 72.8 Å². The number of hydrogen-bond donors (Lipinski definition) is 0. The van der Waals surface area contributed by atoms with Gasteiger partial charge in [0.2, 0.25) is 0 Å². The third-order valence-corrected chi connectivity index (χ3v) is 4.88. The summed E-state index contributed by atoms with van der Waals surface area (Å²) in [5.74, 6) is -0.0911. The molecule has 3 aromatic rings. The highest BCUT2D eigenvalue weighted by atomic mass is 16.5. The summed E-state index contributed by atoms with van der Waals surface area (Å²) in [5, 5.41) is 2.55. The van der Waals surface area contributed by atoms with E-state index < -0.39 is 0 Å². The molecule has 0 saturated carbocycles. The molecule has 0 atom stereocenters. The zero-order valence-corrected chi connectivity index (χ0v) is 16.6. The van der Waals surface area contributed by atoms with E-state index in [2.05, 4.69) is 77.7 Å². The van der Waals surface area contributed by atoms with Crippen molar-refractivity contribution in [3.8, 4) is 0 Å². The lowest BCUT2D eigenvalue weighted by molar-refractivity contribution is -0.143. The summed E-state index contributed by atoms with van der Waals surface area (Å²) in [7, 11) is 0. The summed E-state index contributed by atoms with van der Waals surface area (Å²) >= 11 is 0. The molecule has 3 heteroatoms. The van der Waals surface area contributed by atoms with Gasteiger partial charge in [-0.15, -0.1) is 0 Å². The third-order valence-electron chi connectivity index (χ3n) is 4.88. The standard InChI is InChI=1S/C25H29NO2/c1-2-28-25(27)14-8-9-17-26(19-21-10-4-3-5-11-21)20-22-15-16-23-12-6-7-13-24(23)18-22/h3-7,10-13,15-16,18H,2,8-9,14,17,19-20H2,1H3. The summed E-state index contributed by atoms with van der Waals surface area (Å²) < 4.78 is 5.03. The maximum absolute atomic E-state index is 11.6. The van der Waals surface area contributed by atoms with E-state index in [9.17, 15) is 4.79 Å². The number of carbonyl (C=O) groups excluding carboxylic acids is 1. The van der Waals surface area contributed by atoms with Gasteiger partial charge in [0.1, 0.15) is 0 Å². The zero-order chi connectivity index (χ0) is 19.6. The first-order valence-corrected chi connectivity index (χ1v) is 10.1. The van der Waals surface area contributed by atoms with Crippen LogP contribution in [0.5, 0.6) is 0 Å². The van der Waals surface area contributed by atoms with E-state index in [0.29, 0.717) is 13.0 Å². The largest absolute Gasteiger partial charge is 0.466 e. The van der Waals surface area contributed by atoms with Gasteiger partial charge in [0.05, 0.1) is 6.61 Å². The Labute approximate surface area is 167 Å². The van der Waals surface area contributed by atoms with Crippen LogP contribution >= 0.6 is 0 Å². The molecule has 3 nitrogen and oxygen atoms in total. The molecule has 0 radical (unpaired) electrons. The van der Waals surface area contributed by atoms with Crippen molar-refractivity contribution >= 4 is 16.7 Å². The first kappa shape index (κ1) is 20.1. The number of unbranched alkanes of at least 4 members (excludes halogenated alkanes) is 1. The van der Waals surface area contributed by atoms with E-state index in [1.807, 2.05) is 6.92 Å². The van der Waals surface area contributed by atoms with Crippen LogP contribution in [0.2, 0.25) is 0 Å². The molecule has 146 valence electrons. The number of fused-ring (bicyclic) bond motifs is 1. The van der Waals surface area contributed by atoms with E-state index in [-0.39, 0.29) is 5.97 Å². The third kappa shape index (κ3) is 6.21. The molecule has 0 amide bonds. The van der Waals surface area contributed by atoms with E-state index in [1.54, 1.807) is 0 Å². The van der Waals surface area contributed by atoms with Crippen LogP contribution in [-0.2, 0) is 22.6 Å². The average molecular weight is 376 g/mol. The van der Waals surface area contributed by atoms with Crippen molar-refractivity contribution in [3.05, 3.63) is 83.9 Å². The van der Waals surface area contributed by atoms with Gasteiger partial charge in [-0.2, -0.15) is 0 Å². The molecular formula is C25H29NO2. The molecule has 0 aliphatic carbocycles. The van der Waals surface area contributed by atoms with Crippen LogP contribution < -0.4 is 0 Å². The van der Waals surface area contributed by atoms with Gasteiger partial charge in [-0.25, -0.2) is 0 Å². The molecule has 0 fully saturated rings. The van der Waals surface area contributed by atoms with Gasteiger partial charge >= 0.3 is 5.97 Å². The summed E-state index contributed by atoms with van der Waals surface area (Å²) in [6, 6.07) is 25.8. The lowest BCUT2D eigenvalue weighted by Crippen LogP contribution is -2.24. The van der Waals surface area contributed by atoms with E-state index in [0.717, 1.165) is 32.5 Å². The summed E-state index contributed by atoms with van der Waals surface area (Å²) in [6.07, 6.45) is 2.35. The van der Waals surface area contributed by atoms with Crippen molar-refractivity contribution in [3.63, 3.8) is 0 Å². The fourth-order valence-electron chi connectivity index (χ4n) is 3.49. The van der Waals surface area contributed by atoms with E-state index in [1.165, 1.54) is 21.9 Å². The van der Waals surface area contributed by atoms with Crippen molar-refractivity contribution in [1.82, 2.24) is 4.90 Å². The molecule has 0 spiro atoms. The zero-order valence-electron chi connectivity index (χ0n) is 16.6. The van der Waals surface area contributed by atoms with Crippen LogP contribution in [0.4, 0.5) is 0 Å². The van der Waals surface area contributed by atoms with Gasteiger partial charge in [0.25, 0.3) is 0 Å². The highest BCUT2D eigenvalue weighted by molar-refractivity contribution is 5.82. The summed E-state index contributed by atoms with van der Waals surface area (Å²) in [5.41, 5.74) is 2.63. The molecule has 3 aromatic carbocycles. The Morgan fingerprint density at radius 3 is 2.32 bits per heavy atom. The Bertz CT molecular complexity index is 876. The smallest absolute Gasteiger partial charge is 0.305 e. The fraction of sp³-hybridized carbons (Fsp3) is 0.320. The Morgan fingerprint density at radius 2 is 1.54 bits per heavy atom. The fourth-order valence-corrected chi connectivity index (χ4v) is 3.49. The second-order valence-electron chi connectivity index (χ2n) is 7.14. The molecule has 0 aliphatic heterocycles. The minimum atomic E-state index is -0.0911. The topological polar surface area (TPSA) is 29.5 Å². The minimum Gasteiger partial charge on any atom is -0.466 e. The molecule has 0 bridgehead atoms. The molecule has 0 N–H and O–H groups in total. The molecule has 28 heavy (non-hydrogen) atoms. The van der Waals surface area contributed by atoms with Crippen LogP contribution in [0.25, 0.3) is 10.8 Å². The average Bonchev–Trinajstić information content (AvgIpc) is 2.72. The first-order valence-electron chi connectivity index (χ1n) is 10.1. The predicted octanol–water partition coefficient (Wildman–Crippen LogP) is 5.58. The monoisotopic (exact) mass is 375 g/mol. The van der Waals surface area contributed by atoms with Crippen LogP contribution in [0.3, 0.4) is 0 Å². The van der Waals surface area contributed by atoms with Gasteiger partial charge in [-0.3, -0.25) is 9.69 Å². The molecule has 0 aliphatic rings. The molecule has 3 rings (SSSR count). The lowest BCUT2D eigenvalue weighted by atomic mass is 10.1. The van der Waals surface area contributed by atoms with Crippen molar-refractivity contribution in [2.24, 2.45) is 0 Å². The molecule has 0 unspecified atom stereocenters. The van der Waals surface area contributed by atoms with Crippen molar-refractivity contribution in [2.75, 3.05) is 13.2 Å². The quantitative estimate of drug-likeness (QED) is 0.342. The predicted molar refractivity (Wildman–Crippen MR) is 115 cm³/mol. The first-order chi connectivity index (χ1) is 13.7. The Kier molecular flexibility index (Phi) is 7.62. The van der Waals surface area contributed by atoms with Gasteiger partial charge in [-0.05, 0) is 54.3 Å². The second-order valence-corrected chi connectivity index (χ2v) is 7.14. The highest BCUT2D eigenvalue weighted by Gasteiger charge is 2.09. The highest BCUT2D eigenvalue weighted by Crippen LogP contribution is 2.18. The summed E-state index contributed by atoms with van der Waals surface area (Å²) in [6.45, 7) is 5.08. The number of esters is 1. The maximum atomic E-state index is 11.6. The number of hydrogen-bond acceptors (Lipinski definition) is 3. The van der Waals surface area contributed by atoms with Gasteiger partial charge < -0.3 is 4.74 Å². The van der Waals surface area contributed by atoms with Gasteiger partial charge in [0.15, 0.2) is 0 Å². The van der Waals surface area contributed by atoms with Crippen molar-refractivity contribution in [1.29, 1.82) is 0 Å².